The molecule has 0 amide bonds. The molecule has 0 spiro atoms. The van der Waals surface area contributed by atoms with Crippen molar-refractivity contribution in [3.63, 3.8) is 0 Å². The van der Waals surface area contributed by atoms with Crippen molar-refractivity contribution in [3.05, 3.63) is 11.9 Å². The van der Waals surface area contributed by atoms with E-state index >= 15 is 0 Å². The molecule has 1 aromatic heterocycles. The minimum absolute atomic E-state index is 0.336. The molecular formula is C6H11N3O. The first kappa shape index (κ1) is 7.21. The monoisotopic (exact) mass is 141 g/mol. The smallest absolute Gasteiger partial charge is 0.0852 e. The summed E-state index contributed by atoms with van der Waals surface area (Å²) in [6, 6.07) is 0. The molecule has 0 aromatic carbocycles. The highest BCUT2D eigenvalue weighted by molar-refractivity contribution is 4.92. The van der Waals surface area contributed by atoms with E-state index in [2.05, 4.69) is 10.3 Å². The third-order valence-corrected chi connectivity index (χ3v) is 1.15. The molecule has 0 saturated heterocycles. The number of aryl methyl sites for hydroxylation is 1. The summed E-state index contributed by atoms with van der Waals surface area (Å²) < 4.78 is 1.62. The Kier molecular flexibility index (Phi) is 2.01. The predicted octanol–water partition coefficient (Wildman–Crippen LogP) is -0.262. The number of aromatic nitrogens is 3. The van der Waals surface area contributed by atoms with Crippen molar-refractivity contribution in [2.45, 2.75) is 19.4 Å². The normalized spacial score (nSPS) is 13.5. The van der Waals surface area contributed by atoms with Gasteiger partial charge in [-0.2, -0.15) is 0 Å². The highest BCUT2D eigenvalue weighted by Gasteiger charge is 2.01. The molecule has 4 nitrogen and oxygen atoms in total. The second-order valence-corrected chi connectivity index (χ2v) is 2.44. The van der Waals surface area contributed by atoms with Crippen molar-refractivity contribution in [2.24, 2.45) is 7.05 Å². The van der Waals surface area contributed by atoms with Crippen LogP contribution in [0.2, 0.25) is 0 Å². The van der Waals surface area contributed by atoms with E-state index in [0.717, 1.165) is 5.69 Å². The standard InChI is InChI=1S/C6H11N3O/c1-5(10)3-6-4-9(2)8-7-6/h4-5,10H,3H2,1-2H3. The van der Waals surface area contributed by atoms with Gasteiger partial charge in [-0.1, -0.05) is 5.21 Å². The maximum Gasteiger partial charge on any atom is 0.0852 e. The van der Waals surface area contributed by atoms with Crippen molar-refractivity contribution < 1.29 is 5.11 Å². The lowest BCUT2D eigenvalue weighted by atomic mass is 10.2. The molecule has 56 valence electrons. The van der Waals surface area contributed by atoms with Gasteiger partial charge in [0, 0.05) is 19.7 Å². The van der Waals surface area contributed by atoms with Crippen molar-refractivity contribution in [3.8, 4) is 0 Å². The van der Waals surface area contributed by atoms with Gasteiger partial charge in [0.2, 0.25) is 0 Å². The molecular weight excluding hydrogens is 130 g/mol. The molecule has 0 bridgehead atoms. The molecule has 0 saturated carbocycles. The second-order valence-electron chi connectivity index (χ2n) is 2.44. The molecule has 0 aliphatic rings. The van der Waals surface area contributed by atoms with Gasteiger partial charge in [0.05, 0.1) is 11.8 Å². The summed E-state index contributed by atoms with van der Waals surface area (Å²) in [5, 5.41) is 16.5. The highest BCUT2D eigenvalue weighted by Crippen LogP contribution is 1.95. The zero-order chi connectivity index (χ0) is 7.56. The summed E-state index contributed by atoms with van der Waals surface area (Å²) in [6.07, 6.45) is 2.04. The van der Waals surface area contributed by atoms with Crippen LogP contribution in [0.3, 0.4) is 0 Å². The van der Waals surface area contributed by atoms with Gasteiger partial charge in [0.15, 0.2) is 0 Å². The molecule has 0 aliphatic carbocycles. The van der Waals surface area contributed by atoms with Crippen LogP contribution in [-0.4, -0.2) is 26.2 Å². The average Bonchev–Trinajstić information content (AvgIpc) is 2.13. The zero-order valence-corrected chi connectivity index (χ0v) is 6.15. The highest BCUT2D eigenvalue weighted by atomic mass is 16.3. The molecule has 1 heterocycles. The van der Waals surface area contributed by atoms with E-state index < -0.39 is 0 Å². The Morgan fingerprint density at radius 1 is 1.80 bits per heavy atom. The first-order valence-electron chi connectivity index (χ1n) is 3.22. The van der Waals surface area contributed by atoms with Crippen LogP contribution in [0, 0.1) is 0 Å². The molecule has 0 aliphatic heterocycles. The zero-order valence-electron chi connectivity index (χ0n) is 6.15. The summed E-state index contributed by atoms with van der Waals surface area (Å²) in [7, 11) is 1.80. The van der Waals surface area contributed by atoms with Crippen LogP contribution in [0.15, 0.2) is 6.20 Å². The third kappa shape index (κ3) is 1.80. The van der Waals surface area contributed by atoms with Crippen LogP contribution < -0.4 is 0 Å². The lowest BCUT2D eigenvalue weighted by Gasteiger charge is -1.96. The summed E-state index contributed by atoms with van der Waals surface area (Å²) in [5.74, 6) is 0. The Balaban J connectivity index is 2.58. The molecule has 10 heavy (non-hydrogen) atoms. The van der Waals surface area contributed by atoms with E-state index in [9.17, 15) is 0 Å². The second kappa shape index (κ2) is 2.79. The Morgan fingerprint density at radius 3 is 2.90 bits per heavy atom. The van der Waals surface area contributed by atoms with Crippen LogP contribution in [0.25, 0.3) is 0 Å². The van der Waals surface area contributed by atoms with Gasteiger partial charge >= 0.3 is 0 Å². The number of nitrogens with zero attached hydrogens (tertiary/aromatic N) is 3. The van der Waals surface area contributed by atoms with E-state index in [4.69, 9.17) is 5.11 Å². The van der Waals surface area contributed by atoms with Crippen molar-refractivity contribution in [2.75, 3.05) is 0 Å². The quantitative estimate of drug-likeness (QED) is 0.617. The van der Waals surface area contributed by atoms with E-state index in [0.29, 0.717) is 6.42 Å². The topological polar surface area (TPSA) is 50.9 Å². The van der Waals surface area contributed by atoms with Gasteiger partial charge in [0.25, 0.3) is 0 Å². The Morgan fingerprint density at radius 2 is 2.50 bits per heavy atom. The van der Waals surface area contributed by atoms with E-state index in [1.807, 2.05) is 0 Å². The molecule has 0 fully saturated rings. The van der Waals surface area contributed by atoms with Crippen LogP contribution in [0.1, 0.15) is 12.6 Å². The van der Waals surface area contributed by atoms with Crippen LogP contribution in [-0.2, 0) is 13.5 Å². The van der Waals surface area contributed by atoms with Crippen LogP contribution in [0.5, 0.6) is 0 Å². The minimum atomic E-state index is -0.336. The van der Waals surface area contributed by atoms with Gasteiger partial charge in [-0.15, -0.1) is 5.10 Å². The Bertz CT molecular complexity index is 207. The summed E-state index contributed by atoms with van der Waals surface area (Å²) in [5.41, 5.74) is 0.831. The van der Waals surface area contributed by atoms with Gasteiger partial charge in [-0.3, -0.25) is 4.68 Å². The van der Waals surface area contributed by atoms with Gasteiger partial charge in [-0.05, 0) is 6.92 Å². The number of rotatable bonds is 2. The van der Waals surface area contributed by atoms with Gasteiger partial charge < -0.3 is 5.11 Å². The van der Waals surface area contributed by atoms with Crippen LogP contribution in [0.4, 0.5) is 0 Å². The summed E-state index contributed by atoms with van der Waals surface area (Å²) in [6.45, 7) is 1.73. The fraction of sp³-hybridized carbons (Fsp3) is 0.667. The molecule has 0 radical (unpaired) electrons. The largest absolute Gasteiger partial charge is 0.393 e. The van der Waals surface area contributed by atoms with Crippen molar-refractivity contribution >= 4 is 0 Å². The fourth-order valence-electron chi connectivity index (χ4n) is 0.791. The van der Waals surface area contributed by atoms with E-state index in [-0.39, 0.29) is 6.10 Å². The number of aliphatic hydroxyl groups excluding tert-OH is 1. The minimum Gasteiger partial charge on any atom is -0.393 e. The van der Waals surface area contributed by atoms with Crippen molar-refractivity contribution in [1.82, 2.24) is 15.0 Å². The summed E-state index contributed by atoms with van der Waals surface area (Å²) in [4.78, 5) is 0. The third-order valence-electron chi connectivity index (χ3n) is 1.15. The molecule has 4 heteroatoms. The number of hydrogen-bond donors (Lipinski definition) is 1. The van der Waals surface area contributed by atoms with E-state index in [1.54, 1.807) is 24.9 Å². The molecule has 1 atom stereocenters. The SMILES string of the molecule is CC(O)Cc1cn(C)nn1. The van der Waals surface area contributed by atoms with Crippen LogP contribution >= 0.6 is 0 Å². The maximum atomic E-state index is 8.94. The average molecular weight is 141 g/mol. The Labute approximate surface area is 59.5 Å². The van der Waals surface area contributed by atoms with Crippen molar-refractivity contribution in [1.29, 1.82) is 0 Å². The molecule has 1 rings (SSSR count). The molecule has 1 N–H and O–H groups in total. The number of aliphatic hydroxyl groups is 1. The lowest BCUT2D eigenvalue weighted by molar-refractivity contribution is 0.194. The van der Waals surface area contributed by atoms with Gasteiger partial charge in [-0.25, -0.2) is 0 Å². The predicted molar refractivity (Wildman–Crippen MR) is 36.4 cm³/mol. The summed E-state index contributed by atoms with van der Waals surface area (Å²) >= 11 is 0. The first-order valence-corrected chi connectivity index (χ1v) is 3.22. The van der Waals surface area contributed by atoms with E-state index in [1.165, 1.54) is 0 Å². The maximum absolute atomic E-state index is 8.94. The molecule has 1 unspecified atom stereocenters. The first-order chi connectivity index (χ1) is 4.68. The Hall–Kier alpha value is -0.900. The number of hydrogen-bond acceptors (Lipinski definition) is 3. The fourth-order valence-corrected chi connectivity index (χ4v) is 0.791. The molecule has 1 aromatic rings. The van der Waals surface area contributed by atoms with Gasteiger partial charge in [0.1, 0.15) is 0 Å². The lowest BCUT2D eigenvalue weighted by Crippen LogP contribution is -2.04.